The van der Waals surface area contributed by atoms with E-state index >= 15 is 0 Å². The highest BCUT2D eigenvalue weighted by atomic mass is 15.0. The van der Waals surface area contributed by atoms with Gasteiger partial charge in [-0.3, -0.25) is 4.98 Å². The molecule has 3 aromatic rings. The van der Waals surface area contributed by atoms with E-state index < -0.39 is 0 Å². The summed E-state index contributed by atoms with van der Waals surface area (Å²) in [4.78, 5) is 4.40. The van der Waals surface area contributed by atoms with Gasteiger partial charge >= 0.3 is 0 Å². The Balaban J connectivity index is 2.12. The van der Waals surface area contributed by atoms with Crippen molar-refractivity contribution in [3.05, 3.63) is 60.0 Å². The Bertz CT molecular complexity index is 780. The molecule has 3 rings (SSSR count). The fourth-order valence-electron chi connectivity index (χ4n) is 2.22. The quantitative estimate of drug-likeness (QED) is 0.708. The van der Waals surface area contributed by atoms with Crippen molar-refractivity contribution in [1.29, 1.82) is 5.26 Å². The van der Waals surface area contributed by atoms with Crippen molar-refractivity contribution >= 4 is 16.6 Å². The Kier molecular flexibility index (Phi) is 2.66. The second-order valence-electron chi connectivity index (χ2n) is 4.35. The number of hydrogen-bond donors (Lipinski definition) is 1. The fraction of sp³-hybridized carbons (Fsp3) is 0.0667. The monoisotopic (exact) mass is 248 g/mol. The molecule has 92 valence electrons. The summed E-state index contributed by atoms with van der Waals surface area (Å²) in [5.41, 5.74) is 9.26. The third-order valence-electron chi connectivity index (χ3n) is 3.17. The first-order valence-electron chi connectivity index (χ1n) is 5.97. The van der Waals surface area contributed by atoms with E-state index in [1.54, 1.807) is 12.3 Å². The predicted octanol–water partition coefficient (Wildman–Crippen LogP) is 2.54. The molecule has 2 heterocycles. The maximum absolute atomic E-state index is 9.04. The molecule has 0 fully saturated rings. The van der Waals surface area contributed by atoms with Crippen LogP contribution in [0.2, 0.25) is 0 Å². The Hall–Kier alpha value is -2.80. The molecule has 0 radical (unpaired) electrons. The van der Waals surface area contributed by atoms with Crippen molar-refractivity contribution in [2.45, 2.75) is 6.54 Å². The number of benzene rings is 1. The molecule has 2 aromatic heterocycles. The molecule has 2 N–H and O–H groups in total. The highest BCUT2D eigenvalue weighted by molar-refractivity contribution is 5.92. The summed E-state index contributed by atoms with van der Waals surface area (Å²) in [6.45, 7) is 0.615. The van der Waals surface area contributed by atoms with Crippen LogP contribution in [0.1, 0.15) is 11.3 Å². The number of nitriles is 1. The summed E-state index contributed by atoms with van der Waals surface area (Å²) in [5.74, 6) is 0. The van der Waals surface area contributed by atoms with Gasteiger partial charge in [-0.2, -0.15) is 5.26 Å². The Labute approximate surface area is 110 Å². The van der Waals surface area contributed by atoms with Crippen LogP contribution in [0.3, 0.4) is 0 Å². The van der Waals surface area contributed by atoms with Gasteiger partial charge in [0, 0.05) is 23.5 Å². The topological polar surface area (TPSA) is 67.6 Å². The molecule has 0 spiro atoms. The number of nitrogens with two attached hydrogens (primary N) is 1. The number of nitrogen functional groups attached to an aromatic ring is 1. The van der Waals surface area contributed by atoms with Gasteiger partial charge in [0.25, 0.3) is 0 Å². The molecule has 0 saturated heterocycles. The molecule has 0 bridgehead atoms. The second-order valence-corrected chi connectivity index (χ2v) is 4.35. The van der Waals surface area contributed by atoms with Crippen molar-refractivity contribution in [1.82, 2.24) is 9.55 Å². The summed E-state index contributed by atoms with van der Waals surface area (Å²) in [6, 6.07) is 13.5. The minimum atomic E-state index is 0.615. The van der Waals surface area contributed by atoms with Gasteiger partial charge in [-0.1, -0.05) is 6.07 Å². The maximum Gasteiger partial charge on any atom is 0.120 e. The highest BCUT2D eigenvalue weighted by Crippen LogP contribution is 2.23. The van der Waals surface area contributed by atoms with Crippen molar-refractivity contribution in [2.75, 3.05) is 5.73 Å². The van der Waals surface area contributed by atoms with Gasteiger partial charge in [0.1, 0.15) is 11.8 Å². The first-order chi connectivity index (χ1) is 9.29. The average Bonchev–Trinajstić information content (AvgIpc) is 2.89. The molecule has 0 atom stereocenters. The van der Waals surface area contributed by atoms with Crippen LogP contribution in [-0.4, -0.2) is 9.55 Å². The van der Waals surface area contributed by atoms with E-state index in [9.17, 15) is 0 Å². The van der Waals surface area contributed by atoms with E-state index in [2.05, 4.69) is 11.1 Å². The van der Waals surface area contributed by atoms with Gasteiger partial charge in [0.05, 0.1) is 12.1 Å². The van der Waals surface area contributed by atoms with Gasteiger partial charge < -0.3 is 10.3 Å². The highest BCUT2D eigenvalue weighted by Gasteiger charge is 2.07. The Morgan fingerprint density at radius 1 is 1.21 bits per heavy atom. The van der Waals surface area contributed by atoms with Crippen LogP contribution in [0.15, 0.2) is 48.8 Å². The third-order valence-corrected chi connectivity index (χ3v) is 3.17. The smallest absolute Gasteiger partial charge is 0.120 e. The molecule has 0 aliphatic carbocycles. The second kappa shape index (κ2) is 4.46. The Morgan fingerprint density at radius 2 is 2.11 bits per heavy atom. The maximum atomic E-state index is 9.04. The number of rotatable bonds is 2. The van der Waals surface area contributed by atoms with E-state index in [0.717, 1.165) is 22.2 Å². The lowest BCUT2D eigenvalue weighted by atomic mass is 10.1. The molecule has 0 saturated carbocycles. The van der Waals surface area contributed by atoms with Crippen molar-refractivity contribution in [3.63, 3.8) is 0 Å². The van der Waals surface area contributed by atoms with E-state index in [1.165, 1.54) is 0 Å². The standard InChI is InChI=1S/C15H12N4/c16-9-12-3-2-8-19(12)10-11-5-6-14(17)13-4-1-7-18-15(11)13/h1-8H,10,17H2. The van der Waals surface area contributed by atoms with Crippen LogP contribution in [0.25, 0.3) is 10.9 Å². The average molecular weight is 248 g/mol. The van der Waals surface area contributed by atoms with Crippen LogP contribution < -0.4 is 5.73 Å². The lowest BCUT2D eigenvalue weighted by Gasteiger charge is -2.09. The number of aromatic nitrogens is 2. The fourth-order valence-corrected chi connectivity index (χ4v) is 2.22. The van der Waals surface area contributed by atoms with Crippen LogP contribution in [0.5, 0.6) is 0 Å². The zero-order chi connectivity index (χ0) is 13.2. The minimum absolute atomic E-state index is 0.615. The largest absolute Gasteiger partial charge is 0.398 e. The van der Waals surface area contributed by atoms with E-state index in [1.807, 2.05) is 41.1 Å². The lowest BCUT2D eigenvalue weighted by molar-refractivity contribution is 0.797. The molecule has 1 aromatic carbocycles. The minimum Gasteiger partial charge on any atom is -0.398 e. The van der Waals surface area contributed by atoms with E-state index in [-0.39, 0.29) is 0 Å². The van der Waals surface area contributed by atoms with Gasteiger partial charge in [-0.15, -0.1) is 0 Å². The third kappa shape index (κ3) is 1.91. The van der Waals surface area contributed by atoms with Gasteiger partial charge in [-0.25, -0.2) is 0 Å². The normalized spacial score (nSPS) is 10.5. The SMILES string of the molecule is N#Cc1cccn1Cc1ccc(N)c2cccnc12. The van der Waals surface area contributed by atoms with Crippen LogP contribution in [0.4, 0.5) is 5.69 Å². The van der Waals surface area contributed by atoms with Gasteiger partial charge in [-0.05, 0) is 35.9 Å². The molecule has 0 unspecified atom stereocenters. The van der Waals surface area contributed by atoms with E-state index in [4.69, 9.17) is 11.0 Å². The number of pyridine rings is 1. The number of nitrogens with zero attached hydrogens (tertiary/aromatic N) is 3. The first kappa shape index (κ1) is 11.3. The Morgan fingerprint density at radius 3 is 2.95 bits per heavy atom. The molecule has 4 heteroatoms. The molecular weight excluding hydrogens is 236 g/mol. The summed E-state index contributed by atoms with van der Waals surface area (Å²) in [5, 5.41) is 9.99. The van der Waals surface area contributed by atoms with Gasteiger partial charge in [0.15, 0.2) is 0 Å². The molecule has 0 amide bonds. The van der Waals surface area contributed by atoms with Crippen molar-refractivity contribution in [3.8, 4) is 6.07 Å². The van der Waals surface area contributed by atoms with Crippen LogP contribution in [0, 0.1) is 11.3 Å². The summed E-state index contributed by atoms with van der Waals surface area (Å²) >= 11 is 0. The van der Waals surface area contributed by atoms with Crippen LogP contribution in [-0.2, 0) is 6.54 Å². The molecule has 19 heavy (non-hydrogen) atoms. The number of anilines is 1. The summed E-state index contributed by atoms with van der Waals surface area (Å²) in [6.07, 6.45) is 3.65. The zero-order valence-corrected chi connectivity index (χ0v) is 10.2. The summed E-state index contributed by atoms with van der Waals surface area (Å²) in [7, 11) is 0. The van der Waals surface area contributed by atoms with Crippen molar-refractivity contribution in [2.24, 2.45) is 0 Å². The molecule has 4 nitrogen and oxygen atoms in total. The lowest BCUT2D eigenvalue weighted by Crippen LogP contribution is -2.02. The molecule has 0 aliphatic rings. The number of hydrogen-bond acceptors (Lipinski definition) is 3. The number of fused-ring (bicyclic) bond motifs is 1. The van der Waals surface area contributed by atoms with Crippen molar-refractivity contribution < 1.29 is 0 Å². The molecular formula is C15H12N4. The molecule has 0 aliphatic heterocycles. The first-order valence-corrected chi connectivity index (χ1v) is 5.97. The van der Waals surface area contributed by atoms with Crippen LogP contribution >= 0.6 is 0 Å². The summed E-state index contributed by atoms with van der Waals surface area (Å²) < 4.78 is 1.90. The van der Waals surface area contributed by atoms with E-state index in [0.29, 0.717) is 12.2 Å². The zero-order valence-electron chi connectivity index (χ0n) is 10.2. The van der Waals surface area contributed by atoms with Gasteiger partial charge in [0.2, 0.25) is 0 Å². The predicted molar refractivity (Wildman–Crippen MR) is 74.4 cm³/mol.